The minimum Gasteiger partial charge on any atom is -0.321 e. The number of para-hydroxylation sites is 1. The van der Waals surface area contributed by atoms with E-state index in [1.54, 1.807) is 47.7 Å². The molecule has 30 heavy (non-hydrogen) atoms. The van der Waals surface area contributed by atoms with Gasteiger partial charge in [0, 0.05) is 11.1 Å². The molecule has 0 spiro atoms. The fourth-order valence-corrected chi connectivity index (χ4v) is 4.28. The zero-order valence-electron chi connectivity index (χ0n) is 16.0. The molecule has 0 bridgehead atoms. The number of thiazole rings is 1. The number of hydrogen-bond acceptors (Lipinski definition) is 5. The van der Waals surface area contributed by atoms with Gasteiger partial charge in [-0.15, -0.1) is 11.3 Å². The molecule has 5 aromatic rings. The largest absolute Gasteiger partial charge is 0.321 e. The molecular formula is C23H16N4O2S. The number of anilines is 1. The van der Waals surface area contributed by atoms with Crippen LogP contribution in [0.4, 0.5) is 5.69 Å². The van der Waals surface area contributed by atoms with E-state index >= 15 is 0 Å². The molecule has 1 amide bonds. The van der Waals surface area contributed by atoms with Gasteiger partial charge in [-0.3, -0.25) is 9.59 Å². The Bertz CT molecular complexity index is 1470. The van der Waals surface area contributed by atoms with Crippen molar-refractivity contribution in [2.75, 3.05) is 5.32 Å². The van der Waals surface area contributed by atoms with Gasteiger partial charge in [-0.2, -0.15) is 9.78 Å². The summed E-state index contributed by atoms with van der Waals surface area (Å²) in [5.41, 5.74) is 2.07. The van der Waals surface area contributed by atoms with E-state index in [-0.39, 0.29) is 17.2 Å². The summed E-state index contributed by atoms with van der Waals surface area (Å²) in [6.07, 6.45) is 0. The van der Waals surface area contributed by atoms with Crippen molar-refractivity contribution in [1.29, 1.82) is 0 Å². The highest BCUT2D eigenvalue weighted by molar-refractivity contribution is 7.18. The fourth-order valence-electron chi connectivity index (χ4n) is 3.41. The van der Waals surface area contributed by atoms with E-state index in [2.05, 4.69) is 15.4 Å². The van der Waals surface area contributed by atoms with Crippen LogP contribution in [0, 0.1) is 6.92 Å². The molecule has 2 heterocycles. The molecule has 0 saturated heterocycles. The Labute approximate surface area is 175 Å². The predicted octanol–water partition coefficient (Wildman–Crippen LogP) is 4.56. The molecule has 146 valence electrons. The standard InChI is InChI=1S/C23H16N4O2S/c1-14-24-19-12-11-15(13-20(19)30-14)25-22(28)21-17-9-5-6-10-18(17)23(29)27(26-21)16-7-3-2-4-8-16/h2-13H,1H3,(H,25,28). The summed E-state index contributed by atoms with van der Waals surface area (Å²) < 4.78 is 2.27. The van der Waals surface area contributed by atoms with Crippen molar-refractivity contribution in [2.45, 2.75) is 6.92 Å². The fraction of sp³-hybridized carbons (Fsp3) is 0.0435. The summed E-state index contributed by atoms with van der Waals surface area (Å²) in [5, 5.41) is 9.25. The van der Waals surface area contributed by atoms with Crippen molar-refractivity contribution in [3.63, 3.8) is 0 Å². The maximum atomic E-state index is 13.2. The van der Waals surface area contributed by atoms with Crippen LogP contribution in [0.25, 0.3) is 26.7 Å². The Morgan fingerprint density at radius 2 is 1.70 bits per heavy atom. The lowest BCUT2D eigenvalue weighted by Crippen LogP contribution is -2.26. The number of nitrogens with one attached hydrogen (secondary N) is 1. The smallest absolute Gasteiger partial charge is 0.279 e. The predicted molar refractivity (Wildman–Crippen MR) is 120 cm³/mol. The Hall–Kier alpha value is -3.84. The van der Waals surface area contributed by atoms with Crippen LogP contribution in [-0.2, 0) is 0 Å². The average molecular weight is 412 g/mol. The van der Waals surface area contributed by atoms with Crippen LogP contribution in [0.15, 0.2) is 77.6 Å². The number of fused-ring (bicyclic) bond motifs is 2. The van der Waals surface area contributed by atoms with Gasteiger partial charge in [0.1, 0.15) is 0 Å². The zero-order chi connectivity index (χ0) is 20.7. The third-order valence-corrected chi connectivity index (χ3v) is 5.71. The minimum absolute atomic E-state index is 0.189. The number of benzene rings is 3. The number of carbonyl (C=O) groups is 1. The van der Waals surface area contributed by atoms with Crippen LogP contribution < -0.4 is 10.9 Å². The molecule has 0 unspecified atom stereocenters. The van der Waals surface area contributed by atoms with E-state index in [4.69, 9.17) is 0 Å². The third-order valence-electron chi connectivity index (χ3n) is 4.77. The van der Waals surface area contributed by atoms with Gasteiger partial charge in [0.25, 0.3) is 11.5 Å². The summed E-state index contributed by atoms with van der Waals surface area (Å²) in [5.74, 6) is -0.378. The van der Waals surface area contributed by atoms with Gasteiger partial charge in [-0.1, -0.05) is 36.4 Å². The second-order valence-corrected chi connectivity index (χ2v) is 8.05. The third kappa shape index (κ3) is 3.15. The first kappa shape index (κ1) is 18.2. The molecular weight excluding hydrogens is 396 g/mol. The Balaban J connectivity index is 1.62. The summed E-state index contributed by atoms with van der Waals surface area (Å²) in [7, 11) is 0. The molecule has 0 aliphatic heterocycles. The number of aryl methyl sites for hydroxylation is 1. The summed E-state index contributed by atoms with van der Waals surface area (Å²) in [6.45, 7) is 1.95. The van der Waals surface area contributed by atoms with E-state index < -0.39 is 0 Å². The van der Waals surface area contributed by atoms with Crippen LogP contribution in [0.5, 0.6) is 0 Å². The quantitative estimate of drug-likeness (QED) is 0.471. The lowest BCUT2D eigenvalue weighted by molar-refractivity contribution is 0.102. The van der Waals surface area contributed by atoms with Gasteiger partial charge in [0.2, 0.25) is 0 Å². The van der Waals surface area contributed by atoms with Crippen LogP contribution >= 0.6 is 11.3 Å². The normalized spacial score (nSPS) is 11.1. The average Bonchev–Trinajstić information content (AvgIpc) is 3.14. The first-order valence-corrected chi connectivity index (χ1v) is 10.2. The maximum absolute atomic E-state index is 13.2. The Morgan fingerprint density at radius 1 is 0.967 bits per heavy atom. The molecule has 7 heteroatoms. The number of hydrogen-bond donors (Lipinski definition) is 1. The number of rotatable bonds is 3. The lowest BCUT2D eigenvalue weighted by atomic mass is 10.1. The number of carbonyl (C=O) groups excluding carboxylic acids is 1. The van der Waals surface area contributed by atoms with Gasteiger partial charge < -0.3 is 5.32 Å². The van der Waals surface area contributed by atoms with Gasteiger partial charge >= 0.3 is 0 Å². The molecule has 0 fully saturated rings. The second-order valence-electron chi connectivity index (χ2n) is 6.82. The first-order chi connectivity index (χ1) is 14.6. The maximum Gasteiger partial charge on any atom is 0.279 e. The summed E-state index contributed by atoms with van der Waals surface area (Å²) in [4.78, 5) is 30.6. The van der Waals surface area contributed by atoms with E-state index in [0.29, 0.717) is 22.1 Å². The van der Waals surface area contributed by atoms with E-state index in [1.165, 1.54) is 4.68 Å². The zero-order valence-corrected chi connectivity index (χ0v) is 16.8. The molecule has 1 N–H and O–H groups in total. The first-order valence-electron chi connectivity index (χ1n) is 9.36. The van der Waals surface area contributed by atoms with Crippen LogP contribution in [0.1, 0.15) is 15.5 Å². The van der Waals surface area contributed by atoms with Gasteiger partial charge in [-0.05, 0) is 43.3 Å². The molecule has 0 atom stereocenters. The lowest BCUT2D eigenvalue weighted by Gasteiger charge is -2.11. The highest BCUT2D eigenvalue weighted by atomic mass is 32.1. The van der Waals surface area contributed by atoms with E-state index in [1.807, 2.05) is 43.3 Å². The van der Waals surface area contributed by atoms with Crippen LogP contribution in [-0.4, -0.2) is 20.7 Å². The van der Waals surface area contributed by atoms with Crippen molar-refractivity contribution < 1.29 is 4.79 Å². The molecule has 2 aromatic heterocycles. The van der Waals surface area contributed by atoms with Crippen molar-refractivity contribution >= 4 is 43.9 Å². The molecule has 0 aliphatic rings. The molecule has 3 aromatic carbocycles. The van der Waals surface area contributed by atoms with Crippen molar-refractivity contribution in [3.8, 4) is 5.69 Å². The topological polar surface area (TPSA) is 76.9 Å². The van der Waals surface area contributed by atoms with Crippen LogP contribution in [0.3, 0.4) is 0 Å². The number of aromatic nitrogens is 3. The van der Waals surface area contributed by atoms with E-state index in [9.17, 15) is 9.59 Å². The van der Waals surface area contributed by atoms with Gasteiger partial charge in [0.05, 0.1) is 26.3 Å². The summed E-state index contributed by atoms with van der Waals surface area (Å²) in [6, 6.07) is 21.7. The number of nitrogens with zero attached hydrogens (tertiary/aromatic N) is 3. The number of amides is 1. The van der Waals surface area contributed by atoms with Gasteiger partial charge in [0.15, 0.2) is 5.69 Å². The molecule has 6 nitrogen and oxygen atoms in total. The molecule has 0 saturated carbocycles. The monoisotopic (exact) mass is 412 g/mol. The van der Waals surface area contributed by atoms with Gasteiger partial charge in [-0.25, -0.2) is 4.98 Å². The molecule has 0 aliphatic carbocycles. The Morgan fingerprint density at radius 3 is 2.50 bits per heavy atom. The molecule has 0 radical (unpaired) electrons. The Kier molecular flexibility index (Phi) is 4.37. The van der Waals surface area contributed by atoms with E-state index in [0.717, 1.165) is 15.2 Å². The SMILES string of the molecule is Cc1nc2ccc(NC(=O)c3nn(-c4ccccc4)c(=O)c4ccccc34)cc2s1. The molecule has 5 rings (SSSR count). The van der Waals surface area contributed by atoms with Crippen molar-refractivity contribution in [1.82, 2.24) is 14.8 Å². The second kappa shape index (κ2) is 7.20. The minimum atomic E-state index is -0.378. The van der Waals surface area contributed by atoms with Crippen molar-refractivity contribution in [3.05, 3.63) is 93.9 Å². The highest BCUT2D eigenvalue weighted by Crippen LogP contribution is 2.25. The van der Waals surface area contributed by atoms with Crippen molar-refractivity contribution in [2.24, 2.45) is 0 Å². The highest BCUT2D eigenvalue weighted by Gasteiger charge is 2.18. The summed E-state index contributed by atoms with van der Waals surface area (Å²) >= 11 is 1.57. The van der Waals surface area contributed by atoms with Crippen LogP contribution in [0.2, 0.25) is 0 Å².